The van der Waals surface area contributed by atoms with Gasteiger partial charge in [0, 0.05) is 49.0 Å². The number of piperazine rings is 1. The maximum atomic E-state index is 14.5. The van der Waals surface area contributed by atoms with Crippen LogP contribution < -0.4 is 5.32 Å². The molecule has 5 rings (SSSR count). The quantitative estimate of drug-likeness (QED) is 0.423. The fraction of sp³-hybridized carbons (Fsp3) is 0.406. The third-order valence-electron chi connectivity index (χ3n) is 7.87. The summed E-state index contributed by atoms with van der Waals surface area (Å²) in [6, 6.07) is 20.1. The molecule has 1 aromatic heterocycles. The van der Waals surface area contributed by atoms with Crippen molar-refractivity contribution >= 4 is 28.9 Å². The molecule has 7 heteroatoms. The van der Waals surface area contributed by atoms with Crippen LogP contribution in [0, 0.1) is 18.8 Å². The van der Waals surface area contributed by atoms with E-state index in [1.54, 1.807) is 16.2 Å². The zero-order valence-corrected chi connectivity index (χ0v) is 23.7. The molecule has 0 aliphatic carbocycles. The summed E-state index contributed by atoms with van der Waals surface area (Å²) in [6.45, 7) is 8.65. The number of carbonyl (C=O) groups is 3. The van der Waals surface area contributed by atoms with E-state index in [9.17, 15) is 14.4 Å². The lowest BCUT2D eigenvalue weighted by Crippen LogP contribution is -2.55. The molecule has 4 unspecified atom stereocenters. The van der Waals surface area contributed by atoms with E-state index in [4.69, 9.17) is 0 Å². The summed E-state index contributed by atoms with van der Waals surface area (Å²) in [5.41, 5.74) is 2.57. The van der Waals surface area contributed by atoms with Gasteiger partial charge in [0.2, 0.25) is 11.8 Å². The number of benzene rings is 2. The first-order chi connectivity index (χ1) is 18.9. The Morgan fingerprint density at radius 1 is 0.949 bits per heavy atom. The molecule has 0 spiro atoms. The maximum Gasteiger partial charge on any atom is 0.246 e. The Labute approximate surface area is 235 Å². The molecule has 204 valence electrons. The van der Waals surface area contributed by atoms with Gasteiger partial charge in [0.1, 0.15) is 6.04 Å². The van der Waals surface area contributed by atoms with Crippen molar-refractivity contribution in [3.8, 4) is 0 Å². The second-order valence-corrected chi connectivity index (χ2v) is 12.1. The number of aryl methyl sites for hydroxylation is 1. The number of carbonyl (C=O) groups excluding carboxylic acids is 3. The highest BCUT2D eigenvalue weighted by Gasteiger charge is 2.58. The Hall–Kier alpha value is -3.29. The van der Waals surface area contributed by atoms with Crippen molar-refractivity contribution in [1.29, 1.82) is 0 Å². The molecular weight excluding hydrogens is 506 g/mol. The highest BCUT2D eigenvalue weighted by atomic mass is 32.1. The normalized spacial score (nSPS) is 23.3. The average molecular weight is 544 g/mol. The Balaban J connectivity index is 1.71. The molecule has 3 aromatic rings. The number of Topliss-reactive ketones (excluding diaryl/α,β-unsaturated/α-hetero) is 1. The molecule has 4 atom stereocenters. The van der Waals surface area contributed by atoms with Crippen LogP contribution >= 0.6 is 11.3 Å². The number of thiophene rings is 1. The van der Waals surface area contributed by atoms with Gasteiger partial charge < -0.3 is 15.1 Å². The monoisotopic (exact) mass is 543 g/mol. The van der Waals surface area contributed by atoms with Gasteiger partial charge in [-0.2, -0.15) is 0 Å². The molecule has 2 amide bonds. The molecule has 2 fully saturated rings. The molecular formula is C32H37N3O3S. The van der Waals surface area contributed by atoms with Crippen LogP contribution in [0.25, 0.3) is 0 Å². The van der Waals surface area contributed by atoms with E-state index >= 15 is 0 Å². The van der Waals surface area contributed by atoms with Crippen LogP contribution in [0.3, 0.4) is 0 Å². The second-order valence-electron chi connectivity index (χ2n) is 11.1. The van der Waals surface area contributed by atoms with Gasteiger partial charge in [-0.1, -0.05) is 80.1 Å². The van der Waals surface area contributed by atoms with Gasteiger partial charge in [-0.25, -0.2) is 0 Å². The van der Waals surface area contributed by atoms with E-state index < -0.39 is 23.9 Å². The van der Waals surface area contributed by atoms with Gasteiger partial charge in [-0.05, 0) is 29.9 Å². The largest absolute Gasteiger partial charge is 0.338 e. The summed E-state index contributed by atoms with van der Waals surface area (Å²) in [7, 11) is 0. The van der Waals surface area contributed by atoms with Crippen molar-refractivity contribution in [2.45, 2.75) is 45.2 Å². The lowest BCUT2D eigenvalue weighted by Gasteiger charge is -2.36. The van der Waals surface area contributed by atoms with Crippen molar-refractivity contribution in [3.05, 3.63) is 93.7 Å². The summed E-state index contributed by atoms with van der Waals surface area (Å²) < 4.78 is 0. The molecule has 0 bridgehead atoms. The molecule has 3 heterocycles. The Bertz CT molecular complexity index is 1280. The first-order valence-electron chi connectivity index (χ1n) is 13.9. The topological polar surface area (TPSA) is 69.7 Å². The minimum Gasteiger partial charge on any atom is -0.338 e. The predicted molar refractivity (Wildman–Crippen MR) is 155 cm³/mol. The Morgan fingerprint density at radius 2 is 1.64 bits per heavy atom. The van der Waals surface area contributed by atoms with Crippen molar-refractivity contribution < 1.29 is 14.4 Å². The number of nitrogens with zero attached hydrogens (tertiary/aromatic N) is 2. The van der Waals surface area contributed by atoms with E-state index in [1.165, 1.54) is 0 Å². The molecule has 2 aliphatic heterocycles. The van der Waals surface area contributed by atoms with E-state index in [0.29, 0.717) is 25.1 Å². The predicted octanol–water partition coefficient (Wildman–Crippen LogP) is 5.07. The minimum absolute atomic E-state index is 0.0276. The van der Waals surface area contributed by atoms with Gasteiger partial charge in [0.25, 0.3) is 0 Å². The third-order valence-corrected chi connectivity index (χ3v) is 8.84. The number of amides is 2. The molecule has 2 aromatic carbocycles. The number of hydrogen-bond acceptors (Lipinski definition) is 5. The number of likely N-dealkylation sites (tertiary alicyclic amines) is 1. The van der Waals surface area contributed by atoms with Crippen LogP contribution in [0.4, 0.5) is 0 Å². The number of rotatable bonds is 7. The van der Waals surface area contributed by atoms with Gasteiger partial charge in [0.15, 0.2) is 5.78 Å². The van der Waals surface area contributed by atoms with Crippen LogP contribution in [0.1, 0.15) is 58.6 Å². The smallest absolute Gasteiger partial charge is 0.246 e. The van der Waals surface area contributed by atoms with E-state index in [1.807, 2.05) is 97.8 Å². The van der Waals surface area contributed by atoms with Gasteiger partial charge in [0.05, 0.1) is 12.0 Å². The van der Waals surface area contributed by atoms with Crippen LogP contribution in [0.2, 0.25) is 0 Å². The van der Waals surface area contributed by atoms with E-state index in [0.717, 1.165) is 29.1 Å². The van der Waals surface area contributed by atoms with Crippen molar-refractivity contribution in [3.63, 3.8) is 0 Å². The third kappa shape index (κ3) is 5.56. The van der Waals surface area contributed by atoms with Gasteiger partial charge in [-0.15, -0.1) is 11.3 Å². The van der Waals surface area contributed by atoms with Gasteiger partial charge >= 0.3 is 0 Å². The van der Waals surface area contributed by atoms with Crippen molar-refractivity contribution in [1.82, 2.24) is 15.1 Å². The van der Waals surface area contributed by atoms with Crippen LogP contribution in [0.15, 0.2) is 72.1 Å². The molecule has 0 saturated carbocycles. The van der Waals surface area contributed by atoms with Gasteiger partial charge in [-0.3, -0.25) is 14.4 Å². The fourth-order valence-electron chi connectivity index (χ4n) is 6.07. The highest BCUT2D eigenvalue weighted by Crippen LogP contribution is 2.52. The summed E-state index contributed by atoms with van der Waals surface area (Å²) in [6.07, 6.45) is 0.317. The second kappa shape index (κ2) is 11.8. The van der Waals surface area contributed by atoms with Crippen LogP contribution in [-0.4, -0.2) is 59.6 Å². The molecule has 0 radical (unpaired) electrons. The Morgan fingerprint density at radius 3 is 2.26 bits per heavy atom. The fourth-order valence-corrected chi connectivity index (χ4v) is 6.97. The molecule has 2 saturated heterocycles. The number of nitrogens with one attached hydrogen (secondary N) is 1. The van der Waals surface area contributed by atoms with E-state index in [-0.39, 0.29) is 23.5 Å². The first kappa shape index (κ1) is 27.3. The highest BCUT2D eigenvalue weighted by molar-refractivity contribution is 7.10. The summed E-state index contributed by atoms with van der Waals surface area (Å²) in [5.74, 6) is -1.08. The molecule has 1 N–H and O–H groups in total. The zero-order valence-electron chi connectivity index (χ0n) is 22.9. The Kier molecular flexibility index (Phi) is 8.29. The van der Waals surface area contributed by atoms with Crippen LogP contribution in [0.5, 0.6) is 0 Å². The standard InChI is InChI=1S/C32H37N3O3S/c1-21(2)20-26(36)35-29(23-8-5-4-6-9-23)28(31(37)24-13-11-22(3)12-14-24)27(25-10-7-19-39-25)30(35)32(38)34-17-15-33-16-18-34/h4-14,19,21,27-30,33H,15-18,20H2,1-3H3. The molecule has 2 aliphatic rings. The maximum absolute atomic E-state index is 14.5. The summed E-state index contributed by atoms with van der Waals surface area (Å²) in [4.78, 5) is 47.7. The lowest BCUT2D eigenvalue weighted by atomic mass is 9.78. The van der Waals surface area contributed by atoms with Crippen LogP contribution in [-0.2, 0) is 9.59 Å². The summed E-state index contributed by atoms with van der Waals surface area (Å²) >= 11 is 1.56. The zero-order chi connectivity index (χ0) is 27.5. The number of hydrogen-bond donors (Lipinski definition) is 1. The summed E-state index contributed by atoms with van der Waals surface area (Å²) in [5, 5.41) is 5.31. The lowest BCUT2D eigenvalue weighted by molar-refractivity contribution is -0.146. The average Bonchev–Trinajstić information content (AvgIpc) is 3.60. The molecule has 6 nitrogen and oxygen atoms in total. The van der Waals surface area contributed by atoms with Crippen molar-refractivity contribution in [2.75, 3.05) is 26.2 Å². The minimum atomic E-state index is -0.752. The van der Waals surface area contributed by atoms with E-state index in [2.05, 4.69) is 5.32 Å². The molecule has 39 heavy (non-hydrogen) atoms. The number of ketones is 1. The first-order valence-corrected chi connectivity index (χ1v) is 14.7. The van der Waals surface area contributed by atoms with Crippen molar-refractivity contribution in [2.24, 2.45) is 11.8 Å². The SMILES string of the molecule is Cc1ccc(C(=O)C2C(c3cccs3)C(C(=O)N3CCNCC3)N(C(=O)CC(C)C)C2c2ccccc2)cc1.